The van der Waals surface area contributed by atoms with Gasteiger partial charge in [-0.25, -0.2) is 9.97 Å². The highest BCUT2D eigenvalue weighted by Gasteiger charge is 2.28. The number of rotatable bonds is 7. The SMILES string of the molecule is COc1ccc(-c2cnc(-c3ccc4nc(-c5c(C)cc(CC(C)(C)C(=O)O)cc5C)[nH]c4c3)[nH]2)cc1. The number of aromatic nitrogens is 4. The van der Waals surface area contributed by atoms with Crippen LogP contribution in [0.2, 0.25) is 0 Å². The number of hydrogen-bond acceptors (Lipinski definition) is 4. The third-order valence-corrected chi connectivity index (χ3v) is 6.79. The molecule has 5 aromatic rings. The Kier molecular flexibility index (Phi) is 6.07. The number of fused-ring (bicyclic) bond motifs is 1. The fraction of sp³-hybridized carbons (Fsp3) is 0.233. The third kappa shape index (κ3) is 4.72. The average molecular weight is 495 g/mol. The predicted octanol–water partition coefficient (Wildman–Crippen LogP) is 6.57. The van der Waals surface area contributed by atoms with Crippen LogP contribution in [0.5, 0.6) is 5.75 Å². The van der Waals surface area contributed by atoms with Crippen LogP contribution in [-0.2, 0) is 11.2 Å². The van der Waals surface area contributed by atoms with Gasteiger partial charge in [-0.15, -0.1) is 0 Å². The lowest BCUT2D eigenvalue weighted by molar-refractivity contribution is -0.146. The minimum Gasteiger partial charge on any atom is -0.497 e. The Morgan fingerprint density at radius 1 is 0.946 bits per heavy atom. The summed E-state index contributed by atoms with van der Waals surface area (Å²) >= 11 is 0. The number of ether oxygens (including phenoxy) is 1. The first kappa shape index (κ1) is 24.3. The van der Waals surface area contributed by atoms with E-state index >= 15 is 0 Å². The van der Waals surface area contributed by atoms with Crippen molar-refractivity contribution < 1.29 is 14.6 Å². The van der Waals surface area contributed by atoms with Gasteiger partial charge in [0.05, 0.1) is 35.4 Å². The summed E-state index contributed by atoms with van der Waals surface area (Å²) in [5.41, 5.74) is 8.06. The summed E-state index contributed by atoms with van der Waals surface area (Å²) in [6.45, 7) is 7.59. The minimum absolute atomic E-state index is 0.468. The highest BCUT2D eigenvalue weighted by molar-refractivity contribution is 5.85. The first-order chi connectivity index (χ1) is 17.6. The number of carbonyl (C=O) groups is 1. The Bertz CT molecular complexity index is 1590. The summed E-state index contributed by atoms with van der Waals surface area (Å²) in [7, 11) is 1.65. The summed E-state index contributed by atoms with van der Waals surface area (Å²) in [4.78, 5) is 27.9. The molecular formula is C30H30N4O3. The van der Waals surface area contributed by atoms with Gasteiger partial charge in [0, 0.05) is 11.1 Å². The van der Waals surface area contributed by atoms with Crippen LogP contribution in [-0.4, -0.2) is 38.1 Å². The molecule has 0 spiro atoms. The van der Waals surface area contributed by atoms with Crippen LogP contribution in [0.3, 0.4) is 0 Å². The molecule has 37 heavy (non-hydrogen) atoms. The van der Waals surface area contributed by atoms with E-state index in [0.29, 0.717) is 6.42 Å². The minimum atomic E-state index is -0.824. The molecule has 0 aliphatic heterocycles. The second kappa shape index (κ2) is 9.24. The maximum Gasteiger partial charge on any atom is 0.309 e. The van der Waals surface area contributed by atoms with E-state index in [1.807, 2.05) is 56.4 Å². The number of hydrogen-bond donors (Lipinski definition) is 3. The predicted molar refractivity (Wildman–Crippen MR) is 146 cm³/mol. The number of benzene rings is 3. The van der Waals surface area contributed by atoms with Crippen molar-refractivity contribution in [1.82, 2.24) is 19.9 Å². The number of H-pyrrole nitrogens is 2. The van der Waals surface area contributed by atoms with Gasteiger partial charge >= 0.3 is 5.97 Å². The molecule has 0 fully saturated rings. The normalized spacial score (nSPS) is 11.7. The summed E-state index contributed by atoms with van der Waals surface area (Å²) in [5, 5.41) is 9.51. The monoisotopic (exact) mass is 494 g/mol. The third-order valence-electron chi connectivity index (χ3n) is 6.79. The Morgan fingerprint density at radius 2 is 1.62 bits per heavy atom. The lowest BCUT2D eigenvalue weighted by atomic mass is 9.84. The number of carboxylic acids is 1. The molecule has 3 aromatic carbocycles. The second-order valence-corrected chi connectivity index (χ2v) is 10.2. The Morgan fingerprint density at radius 3 is 2.27 bits per heavy atom. The molecule has 0 atom stereocenters. The number of nitrogens with one attached hydrogen (secondary N) is 2. The number of methoxy groups -OCH3 is 1. The molecule has 188 valence electrons. The van der Waals surface area contributed by atoms with Gasteiger partial charge in [0.1, 0.15) is 17.4 Å². The molecule has 2 heterocycles. The number of aromatic amines is 2. The van der Waals surface area contributed by atoms with Gasteiger partial charge in [-0.05, 0) is 98.8 Å². The molecule has 3 N–H and O–H groups in total. The number of carboxylic acid groups (broad SMARTS) is 1. The molecule has 7 heteroatoms. The Balaban J connectivity index is 1.44. The fourth-order valence-corrected chi connectivity index (χ4v) is 4.78. The molecule has 5 rings (SSSR count). The van der Waals surface area contributed by atoms with Gasteiger partial charge in [-0.2, -0.15) is 0 Å². The summed E-state index contributed by atoms with van der Waals surface area (Å²) in [6, 6.07) is 18.0. The molecule has 0 aliphatic rings. The fourth-order valence-electron chi connectivity index (χ4n) is 4.78. The van der Waals surface area contributed by atoms with Crippen LogP contribution in [0.4, 0.5) is 0 Å². The maximum atomic E-state index is 11.6. The average Bonchev–Trinajstić information content (AvgIpc) is 3.50. The van der Waals surface area contributed by atoms with Crippen LogP contribution >= 0.6 is 0 Å². The highest BCUT2D eigenvalue weighted by atomic mass is 16.5. The van der Waals surface area contributed by atoms with Crippen molar-refractivity contribution in [2.75, 3.05) is 7.11 Å². The largest absolute Gasteiger partial charge is 0.497 e. The van der Waals surface area contributed by atoms with Gasteiger partial charge in [0.15, 0.2) is 0 Å². The number of aliphatic carboxylic acids is 1. The zero-order valence-electron chi connectivity index (χ0n) is 21.6. The van der Waals surface area contributed by atoms with Crippen LogP contribution in [0, 0.1) is 19.3 Å². The summed E-state index contributed by atoms with van der Waals surface area (Å²) in [5.74, 6) is 1.59. The molecule has 0 unspecified atom stereocenters. The molecule has 0 bridgehead atoms. The van der Waals surface area contributed by atoms with E-state index in [4.69, 9.17) is 9.72 Å². The van der Waals surface area contributed by atoms with Crippen LogP contribution < -0.4 is 4.74 Å². The zero-order chi connectivity index (χ0) is 26.3. The Hall–Kier alpha value is -4.39. The van der Waals surface area contributed by atoms with Gasteiger partial charge in [-0.3, -0.25) is 4.79 Å². The van der Waals surface area contributed by atoms with Crippen molar-refractivity contribution in [3.05, 3.63) is 77.5 Å². The smallest absolute Gasteiger partial charge is 0.309 e. The molecule has 2 aromatic heterocycles. The van der Waals surface area contributed by atoms with E-state index in [1.54, 1.807) is 21.0 Å². The van der Waals surface area contributed by atoms with Gasteiger partial charge in [0.25, 0.3) is 0 Å². The molecule has 0 radical (unpaired) electrons. The lowest BCUT2D eigenvalue weighted by Gasteiger charge is -2.20. The van der Waals surface area contributed by atoms with Gasteiger partial charge in [0.2, 0.25) is 0 Å². The van der Waals surface area contributed by atoms with Crippen molar-refractivity contribution in [2.24, 2.45) is 5.41 Å². The van der Waals surface area contributed by atoms with E-state index in [1.165, 1.54) is 0 Å². The topological polar surface area (TPSA) is 104 Å². The lowest BCUT2D eigenvalue weighted by Crippen LogP contribution is -2.26. The van der Waals surface area contributed by atoms with E-state index in [0.717, 1.165) is 67.5 Å². The molecule has 0 saturated heterocycles. The summed E-state index contributed by atoms with van der Waals surface area (Å²) in [6.07, 6.45) is 2.30. The quantitative estimate of drug-likeness (QED) is 0.237. The first-order valence-corrected chi connectivity index (χ1v) is 12.2. The molecular weight excluding hydrogens is 464 g/mol. The van der Waals surface area contributed by atoms with Crippen molar-refractivity contribution in [1.29, 1.82) is 0 Å². The van der Waals surface area contributed by atoms with E-state index in [-0.39, 0.29) is 0 Å². The van der Waals surface area contributed by atoms with Gasteiger partial charge < -0.3 is 19.8 Å². The number of imidazole rings is 2. The van der Waals surface area contributed by atoms with Crippen LogP contribution in [0.25, 0.3) is 45.1 Å². The Labute approximate surface area is 215 Å². The highest BCUT2D eigenvalue weighted by Crippen LogP contribution is 2.32. The van der Waals surface area contributed by atoms with Crippen LogP contribution in [0.15, 0.2) is 60.8 Å². The standard InChI is InChI=1S/C30H30N4O3/c1-17-12-19(15-30(3,4)29(35)36)13-18(2)26(17)28-32-23-11-8-21(14-24(23)33-28)27-31-16-25(34-27)20-6-9-22(37-5)10-7-20/h6-14,16H,15H2,1-5H3,(H,31,34)(H,32,33)(H,35,36). The van der Waals surface area contributed by atoms with Crippen molar-refractivity contribution in [3.8, 4) is 39.8 Å². The summed E-state index contributed by atoms with van der Waals surface area (Å²) < 4.78 is 5.25. The van der Waals surface area contributed by atoms with E-state index in [2.05, 4.69) is 33.2 Å². The molecule has 0 aliphatic carbocycles. The molecule has 0 amide bonds. The molecule has 0 saturated carbocycles. The van der Waals surface area contributed by atoms with E-state index < -0.39 is 11.4 Å². The number of aryl methyl sites for hydroxylation is 2. The van der Waals surface area contributed by atoms with Gasteiger partial charge in [-0.1, -0.05) is 12.1 Å². The van der Waals surface area contributed by atoms with Crippen molar-refractivity contribution >= 4 is 17.0 Å². The maximum absolute atomic E-state index is 11.6. The first-order valence-electron chi connectivity index (χ1n) is 12.2. The number of nitrogens with zero attached hydrogens (tertiary/aromatic N) is 2. The van der Waals surface area contributed by atoms with Crippen molar-refractivity contribution in [3.63, 3.8) is 0 Å². The molecule has 7 nitrogen and oxygen atoms in total. The second-order valence-electron chi connectivity index (χ2n) is 10.2. The zero-order valence-corrected chi connectivity index (χ0v) is 21.6. The van der Waals surface area contributed by atoms with Crippen LogP contribution in [0.1, 0.15) is 30.5 Å². The van der Waals surface area contributed by atoms with E-state index in [9.17, 15) is 9.90 Å². The van der Waals surface area contributed by atoms with Crippen molar-refractivity contribution in [2.45, 2.75) is 34.1 Å².